The normalized spacial score (nSPS) is 17.8. The van der Waals surface area contributed by atoms with Gasteiger partial charge in [0.15, 0.2) is 0 Å². The molecule has 1 atom stereocenters. The molecule has 0 radical (unpaired) electrons. The molecule has 0 bridgehead atoms. The third kappa shape index (κ3) is 4.34. The number of ether oxygens (including phenoxy) is 1. The Labute approximate surface area is 126 Å². The number of nitrogens with zero attached hydrogens (tertiary/aromatic N) is 3. The summed E-state index contributed by atoms with van der Waals surface area (Å²) in [6.45, 7) is 6.33. The van der Waals surface area contributed by atoms with Crippen molar-refractivity contribution in [1.29, 1.82) is 0 Å². The summed E-state index contributed by atoms with van der Waals surface area (Å²) in [5, 5.41) is 0. The van der Waals surface area contributed by atoms with Gasteiger partial charge >= 0.3 is 0 Å². The van der Waals surface area contributed by atoms with Gasteiger partial charge < -0.3 is 14.5 Å². The first-order valence-electron chi connectivity index (χ1n) is 7.33. The number of nitrogens with one attached hydrogen (secondary N) is 1. The van der Waals surface area contributed by atoms with Gasteiger partial charge in [0.25, 0.3) is 0 Å². The van der Waals surface area contributed by atoms with Crippen molar-refractivity contribution in [3.63, 3.8) is 0 Å². The van der Waals surface area contributed by atoms with Crippen LogP contribution in [0.3, 0.4) is 0 Å². The van der Waals surface area contributed by atoms with Crippen molar-refractivity contribution in [2.75, 3.05) is 44.8 Å². The summed E-state index contributed by atoms with van der Waals surface area (Å²) >= 11 is 0. The molecule has 6 heteroatoms. The number of hydrogen-bond acceptors (Lipinski definition) is 4. The number of guanidine groups is 1. The Morgan fingerprint density at radius 1 is 1.29 bits per heavy atom. The highest BCUT2D eigenvalue weighted by Crippen LogP contribution is 2.15. The highest BCUT2D eigenvalue weighted by Gasteiger charge is 2.20. The topological polar surface area (TPSA) is 66.1 Å². The second-order valence-corrected chi connectivity index (χ2v) is 5.21. The number of methoxy groups -OCH3 is 1. The average Bonchev–Trinajstić information content (AvgIpc) is 2.54. The second-order valence-electron chi connectivity index (χ2n) is 5.21. The van der Waals surface area contributed by atoms with Crippen LogP contribution in [-0.4, -0.2) is 56.8 Å². The summed E-state index contributed by atoms with van der Waals surface area (Å²) in [5.74, 6) is 6.36. The average molecular weight is 291 g/mol. The van der Waals surface area contributed by atoms with Crippen LogP contribution in [0, 0.1) is 0 Å². The second kappa shape index (κ2) is 7.85. The first-order valence-corrected chi connectivity index (χ1v) is 7.33. The van der Waals surface area contributed by atoms with E-state index in [1.165, 1.54) is 5.69 Å². The highest BCUT2D eigenvalue weighted by atomic mass is 16.5. The molecule has 2 rings (SSSR count). The summed E-state index contributed by atoms with van der Waals surface area (Å²) in [6, 6.07) is 10.6. The molecule has 0 saturated carbocycles. The molecule has 0 aliphatic carbocycles. The minimum atomic E-state index is 0.0909. The maximum absolute atomic E-state index is 5.62. The summed E-state index contributed by atoms with van der Waals surface area (Å²) in [5.41, 5.74) is 3.99. The van der Waals surface area contributed by atoms with Crippen molar-refractivity contribution in [3.05, 3.63) is 30.3 Å². The van der Waals surface area contributed by atoms with Gasteiger partial charge in [-0.15, -0.1) is 0 Å². The van der Waals surface area contributed by atoms with Gasteiger partial charge in [-0.05, 0) is 19.1 Å². The number of rotatable bonds is 4. The van der Waals surface area contributed by atoms with Crippen LogP contribution in [0.5, 0.6) is 0 Å². The Balaban J connectivity index is 1.93. The van der Waals surface area contributed by atoms with Crippen molar-refractivity contribution in [2.24, 2.45) is 10.8 Å². The number of hydrazine groups is 1. The maximum Gasteiger partial charge on any atom is 0.208 e. The smallest absolute Gasteiger partial charge is 0.208 e. The zero-order valence-electron chi connectivity index (χ0n) is 12.8. The lowest BCUT2D eigenvalue weighted by Crippen LogP contribution is -2.54. The minimum Gasteiger partial charge on any atom is -0.382 e. The monoisotopic (exact) mass is 291 g/mol. The standard InChI is InChI=1S/C15H25N5O/c1-13(12-21-2)17-15(18-16)20-10-8-19(9-11-20)14-6-4-3-5-7-14/h3-7,13H,8-12,16H2,1-2H3,(H,17,18). The van der Waals surface area contributed by atoms with Gasteiger partial charge in [-0.25, -0.2) is 10.8 Å². The Kier molecular flexibility index (Phi) is 5.83. The van der Waals surface area contributed by atoms with Crippen LogP contribution >= 0.6 is 0 Å². The number of para-hydroxylation sites is 1. The minimum absolute atomic E-state index is 0.0909. The fourth-order valence-electron chi connectivity index (χ4n) is 2.51. The fraction of sp³-hybridized carbons (Fsp3) is 0.533. The van der Waals surface area contributed by atoms with Crippen LogP contribution in [0.25, 0.3) is 0 Å². The van der Waals surface area contributed by atoms with E-state index in [-0.39, 0.29) is 6.04 Å². The van der Waals surface area contributed by atoms with Crippen molar-refractivity contribution in [2.45, 2.75) is 13.0 Å². The molecule has 1 unspecified atom stereocenters. The van der Waals surface area contributed by atoms with E-state index in [1.54, 1.807) is 7.11 Å². The molecule has 21 heavy (non-hydrogen) atoms. The fourth-order valence-corrected chi connectivity index (χ4v) is 2.51. The van der Waals surface area contributed by atoms with E-state index >= 15 is 0 Å². The van der Waals surface area contributed by atoms with Crippen molar-refractivity contribution >= 4 is 11.6 Å². The third-order valence-corrected chi connectivity index (χ3v) is 3.58. The molecule has 1 saturated heterocycles. The number of anilines is 1. The first kappa shape index (κ1) is 15.6. The Morgan fingerprint density at radius 2 is 1.95 bits per heavy atom. The number of nitrogens with two attached hydrogens (primary N) is 1. The van der Waals surface area contributed by atoms with Gasteiger partial charge in [0.05, 0.1) is 12.6 Å². The predicted octanol–water partition coefficient (Wildman–Crippen LogP) is 0.663. The Morgan fingerprint density at radius 3 is 2.52 bits per heavy atom. The number of benzene rings is 1. The lowest BCUT2D eigenvalue weighted by molar-refractivity contribution is 0.185. The van der Waals surface area contributed by atoms with E-state index in [1.807, 2.05) is 13.0 Å². The van der Waals surface area contributed by atoms with E-state index in [0.717, 1.165) is 32.1 Å². The van der Waals surface area contributed by atoms with Crippen molar-refractivity contribution in [1.82, 2.24) is 10.3 Å². The summed E-state index contributed by atoms with van der Waals surface area (Å²) < 4.78 is 5.11. The Bertz CT molecular complexity index is 443. The molecule has 1 aliphatic rings. The zero-order chi connectivity index (χ0) is 15.1. The molecule has 116 valence electrons. The molecule has 0 spiro atoms. The lowest BCUT2D eigenvalue weighted by atomic mass is 10.2. The summed E-state index contributed by atoms with van der Waals surface area (Å²) in [7, 11) is 1.68. The van der Waals surface area contributed by atoms with Crippen LogP contribution in [0.2, 0.25) is 0 Å². The van der Waals surface area contributed by atoms with Gasteiger partial charge in [-0.3, -0.25) is 5.43 Å². The molecule has 1 heterocycles. The van der Waals surface area contributed by atoms with Gasteiger partial charge in [0.2, 0.25) is 5.96 Å². The number of aliphatic imine (C=N–C) groups is 1. The van der Waals surface area contributed by atoms with Crippen LogP contribution in [0.15, 0.2) is 35.3 Å². The van der Waals surface area contributed by atoms with Gasteiger partial charge in [0, 0.05) is 39.0 Å². The molecular weight excluding hydrogens is 266 g/mol. The molecule has 0 amide bonds. The lowest BCUT2D eigenvalue weighted by Gasteiger charge is -2.37. The summed E-state index contributed by atoms with van der Waals surface area (Å²) in [4.78, 5) is 9.13. The van der Waals surface area contributed by atoms with Crippen LogP contribution in [0.1, 0.15) is 6.92 Å². The molecule has 6 nitrogen and oxygen atoms in total. The molecule has 0 aromatic heterocycles. The largest absolute Gasteiger partial charge is 0.382 e. The van der Waals surface area contributed by atoms with Crippen molar-refractivity contribution < 1.29 is 4.74 Å². The molecule has 1 fully saturated rings. The van der Waals surface area contributed by atoms with E-state index in [2.05, 4.69) is 44.5 Å². The molecular formula is C15H25N5O. The number of piperazine rings is 1. The van der Waals surface area contributed by atoms with Crippen molar-refractivity contribution in [3.8, 4) is 0 Å². The third-order valence-electron chi connectivity index (χ3n) is 3.58. The van der Waals surface area contributed by atoms with Gasteiger partial charge in [-0.2, -0.15) is 0 Å². The zero-order valence-corrected chi connectivity index (χ0v) is 12.8. The molecule has 1 aliphatic heterocycles. The van der Waals surface area contributed by atoms with E-state index < -0.39 is 0 Å². The SMILES string of the molecule is COCC(C)N=C(NN)N1CCN(c2ccccc2)CC1. The summed E-state index contributed by atoms with van der Waals surface area (Å²) in [6.07, 6.45) is 0. The highest BCUT2D eigenvalue weighted by molar-refractivity contribution is 5.79. The number of hydrogen-bond donors (Lipinski definition) is 2. The first-order chi connectivity index (χ1) is 10.2. The van der Waals surface area contributed by atoms with E-state index in [0.29, 0.717) is 6.61 Å². The van der Waals surface area contributed by atoms with Crippen LogP contribution in [-0.2, 0) is 4.74 Å². The van der Waals surface area contributed by atoms with Crippen LogP contribution in [0.4, 0.5) is 5.69 Å². The van der Waals surface area contributed by atoms with Gasteiger partial charge in [-0.1, -0.05) is 18.2 Å². The Hall–Kier alpha value is -1.79. The molecule has 3 N–H and O–H groups in total. The quantitative estimate of drug-likeness (QED) is 0.369. The van der Waals surface area contributed by atoms with E-state index in [4.69, 9.17) is 10.6 Å². The molecule has 1 aromatic carbocycles. The molecule has 1 aromatic rings. The maximum atomic E-state index is 5.62. The van der Waals surface area contributed by atoms with Gasteiger partial charge in [0.1, 0.15) is 0 Å². The van der Waals surface area contributed by atoms with E-state index in [9.17, 15) is 0 Å². The predicted molar refractivity (Wildman–Crippen MR) is 86.3 cm³/mol. The van der Waals surface area contributed by atoms with Crippen LogP contribution < -0.4 is 16.2 Å².